The van der Waals surface area contributed by atoms with Crippen LogP contribution in [0, 0.1) is 0 Å². The highest BCUT2D eigenvalue weighted by Crippen LogP contribution is 2.18. The van der Waals surface area contributed by atoms with Gasteiger partial charge in [0.05, 0.1) is 10.6 Å². The minimum atomic E-state index is -0.494. The maximum absolute atomic E-state index is 12.2. The fourth-order valence-electron chi connectivity index (χ4n) is 2.44. The number of nitrogens with one attached hydrogen (secondary N) is 1. The number of benzene rings is 1. The molecule has 5 nitrogen and oxygen atoms in total. The number of rotatable bonds is 2. The number of hydrogen-bond donors (Lipinski definition) is 1. The molecule has 1 heterocycles. The largest absolute Gasteiger partial charge is 0.444 e. The van der Waals surface area contributed by atoms with Gasteiger partial charge in [0, 0.05) is 19.1 Å². The van der Waals surface area contributed by atoms with Crippen molar-refractivity contribution in [2.75, 3.05) is 13.1 Å². The van der Waals surface area contributed by atoms with Crippen molar-refractivity contribution in [3.05, 3.63) is 34.9 Å². The topological polar surface area (TPSA) is 58.6 Å². The van der Waals surface area contributed by atoms with Crippen molar-refractivity contribution in [1.82, 2.24) is 10.2 Å². The number of amides is 2. The zero-order valence-corrected chi connectivity index (χ0v) is 14.5. The first-order chi connectivity index (χ1) is 10.8. The molecular formula is C17H23ClN2O3. The molecular weight excluding hydrogens is 316 g/mol. The van der Waals surface area contributed by atoms with E-state index in [1.54, 1.807) is 29.2 Å². The number of carbonyl (C=O) groups excluding carboxylic acids is 2. The molecule has 1 aliphatic rings. The number of nitrogens with zero attached hydrogens (tertiary/aromatic N) is 1. The second-order valence-corrected chi connectivity index (χ2v) is 7.10. The highest BCUT2D eigenvalue weighted by molar-refractivity contribution is 6.33. The van der Waals surface area contributed by atoms with Crippen molar-refractivity contribution in [1.29, 1.82) is 0 Å². The van der Waals surface area contributed by atoms with Crippen LogP contribution in [-0.2, 0) is 4.74 Å². The maximum atomic E-state index is 12.2. The molecule has 0 bridgehead atoms. The summed E-state index contributed by atoms with van der Waals surface area (Å²) in [6.07, 6.45) is 1.11. The Labute approximate surface area is 141 Å². The van der Waals surface area contributed by atoms with Crippen LogP contribution in [0.1, 0.15) is 44.0 Å². The summed E-state index contributed by atoms with van der Waals surface area (Å²) < 4.78 is 5.36. The lowest BCUT2D eigenvalue weighted by Crippen LogP contribution is -2.47. The summed E-state index contributed by atoms with van der Waals surface area (Å²) in [6, 6.07) is 7.01. The van der Waals surface area contributed by atoms with Crippen LogP contribution in [0.15, 0.2) is 24.3 Å². The van der Waals surface area contributed by atoms with E-state index in [2.05, 4.69) is 5.32 Å². The Hall–Kier alpha value is -1.75. The molecule has 0 aromatic heterocycles. The Morgan fingerprint density at radius 2 is 1.83 bits per heavy atom. The minimum Gasteiger partial charge on any atom is -0.444 e. The Bertz CT molecular complexity index is 575. The number of likely N-dealkylation sites (tertiary alicyclic amines) is 1. The van der Waals surface area contributed by atoms with Crippen LogP contribution in [0.2, 0.25) is 5.02 Å². The predicted molar refractivity (Wildman–Crippen MR) is 89.7 cm³/mol. The number of hydrogen-bond acceptors (Lipinski definition) is 3. The number of ether oxygens (including phenoxy) is 1. The van der Waals surface area contributed by atoms with Gasteiger partial charge in [-0.25, -0.2) is 4.79 Å². The molecule has 0 aliphatic carbocycles. The van der Waals surface area contributed by atoms with Crippen LogP contribution in [0.3, 0.4) is 0 Å². The maximum Gasteiger partial charge on any atom is 0.410 e. The van der Waals surface area contributed by atoms with Crippen LogP contribution in [0.5, 0.6) is 0 Å². The minimum absolute atomic E-state index is 0.0393. The van der Waals surface area contributed by atoms with Crippen molar-refractivity contribution in [3.63, 3.8) is 0 Å². The Morgan fingerprint density at radius 1 is 1.22 bits per heavy atom. The first-order valence-corrected chi connectivity index (χ1v) is 8.17. The molecule has 0 spiro atoms. The van der Waals surface area contributed by atoms with Gasteiger partial charge < -0.3 is 15.0 Å². The summed E-state index contributed by atoms with van der Waals surface area (Å²) >= 11 is 6.03. The molecule has 1 fully saturated rings. The van der Waals surface area contributed by atoms with Gasteiger partial charge in [-0.1, -0.05) is 23.7 Å². The molecule has 0 saturated carbocycles. The van der Waals surface area contributed by atoms with Crippen molar-refractivity contribution in [3.8, 4) is 0 Å². The highest BCUT2D eigenvalue weighted by atomic mass is 35.5. The standard InChI is InChI=1S/C17H23ClN2O3/c1-17(2,3)23-16(22)20-10-8-12(9-11-20)19-15(21)13-6-4-5-7-14(13)18/h4-7,12H,8-11H2,1-3H3,(H,19,21). The zero-order chi connectivity index (χ0) is 17.0. The number of halogens is 1. The van der Waals surface area contributed by atoms with E-state index in [9.17, 15) is 9.59 Å². The SMILES string of the molecule is CC(C)(C)OC(=O)N1CCC(NC(=O)c2ccccc2Cl)CC1. The molecule has 23 heavy (non-hydrogen) atoms. The molecule has 1 aliphatic heterocycles. The van der Waals surface area contributed by atoms with Crippen molar-refractivity contribution in [2.24, 2.45) is 0 Å². The summed E-state index contributed by atoms with van der Waals surface area (Å²) in [5.41, 5.74) is -0.0182. The van der Waals surface area contributed by atoms with E-state index in [0.717, 1.165) is 0 Å². The summed E-state index contributed by atoms with van der Waals surface area (Å²) in [6.45, 7) is 6.69. The fraction of sp³-hybridized carbons (Fsp3) is 0.529. The summed E-state index contributed by atoms with van der Waals surface area (Å²) in [5, 5.41) is 3.42. The average molecular weight is 339 g/mol. The molecule has 1 aromatic carbocycles. The second kappa shape index (κ2) is 7.21. The monoisotopic (exact) mass is 338 g/mol. The molecule has 0 unspecified atom stereocenters. The van der Waals surface area contributed by atoms with Crippen LogP contribution < -0.4 is 5.32 Å². The Balaban J connectivity index is 1.84. The lowest BCUT2D eigenvalue weighted by atomic mass is 10.0. The zero-order valence-electron chi connectivity index (χ0n) is 13.8. The highest BCUT2D eigenvalue weighted by Gasteiger charge is 2.27. The molecule has 1 N–H and O–H groups in total. The quantitative estimate of drug-likeness (QED) is 0.898. The van der Waals surface area contributed by atoms with Crippen molar-refractivity contribution < 1.29 is 14.3 Å². The number of carbonyl (C=O) groups is 2. The Kier molecular flexibility index (Phi) is 5.52. The molecule has 1 aromatic rings. The van der Waals surface area contributed by atoms with Gasteiger partial charge in [-0.15, -0.1) is 0 Å². The summed E-state index contributed by atoms with van der Waals surface area (Å²) in [4.78, 5) is 25.9. The van der Waals surface area contributed by atoms with Crippen LogP contribution >= 0.6 is 11.6 Å². The third-order valence-corrected chi connectivity index (χ3v) is 3.93. The van der Waals surface area contributed by atoms with Crippen LogP contribution in [-0.4, -0.2) is 41.6 Å². The fourth-order valence-corrected chi connectivity index (χ4v) is 2.66. The van der Waals surface area contributed by atoms with Gasteiger partial charge >= 0.3 is 6.09 Å². The molecule has 0 radical (unpaired) electrons. The summed E-state index contributed by atoms with van der Waals surface area (Å²) in [5.74, 6) is -0.175. The van der Waals surface area contributed by atoms with Gasteiger partial charge in [-0.05, 0) is 45.7 Å². The molecule has 1 saturated heterocycles. The van der Waals surface area contributed by atoms with E-state index in [0.29, 0.717) is 36.5 Å². The van der Waals surface area contributed by atoms with Gasteiger partial charge in [0.15, 0.2) is 0 Å². The van der Waals surface area contributed by atoms with Gasteiger partial charge in [0.1, 0.15) is 5.60 Å². The van der Waals surface area contributed by atoms with E-state index in [1.807, 2.05) is 20.8 Å². The molecule has 6 heteroatoms. The van der Waals surface area contributed by atoms with Gasteiger partial charge in [0.25, 0.3) is 5.91 Å². The normalized spacial score (nSPS) is 16.1. The predicted octanol–water partition coefficient (Wildman–Crippen LogP) is 3.47. The molecule has 0 atom stereocenters. The average Bonchev–Trinajstić information content (AvgIpc) is 2.46. The Morgan fingerprint density at radius 3 is 2.39 bits per heavy atom. The van der Waals surface area contributed by atoms with Gasteiger partial charge in [-0.2, -0.15) is 0 Å². The van der Waals surface area contributed by atoms with E-state index >= 15 is 0 Å². The first kappa shape index (κ1) is 17.6. The van der Waals surface area contributed by atoms with E-state index in [1.165, 1.54) is 0 Å². The van der Waals surface area contributed by atoms with E-state index < -0.39 is 5.60 Å². The van der Waals surface area contributed by atoms with E-state index in [-0.39, 0.29) is 18.0 Å². The second-order valence-electron chi connectivity index (χ2n) is 6.69. The van der Waals surface area contributed by atoms with Crippen LogP contribution in [0.25, 0.3) is 0 Å². The lowest BCUT2D eigenvalue weighted by molar-refractivity contribution is 0.0199. The van der Waals surface area contributed by atoms with Crippen molar-refractivity contribution >= 4 is 23.6 Å². The molecule has 2 rings (SSSR count). The summed E-state index contributed by atoms with van der Waals surface area (Å²) in [7, 11) is 0. The third kappa shape index (κ3) is 5.13. The first-order valence-electron chi connectivity index (χ1n) is 7.79. The van der Waals surface area contributed by atoms with E-state index in [4.69, 9.17) is 16.3 Å². The van der Waals surface area contributed by atoms with Crippen molar-refractivity contribution in [2.45, 2.75) is 45.3 Å². The third-order valence-electron chi connectivity index (χ3n) is 3.60. The van der Waals surface area contributed by atoms with Crippen LogP contribution in [0.4, 0.5) is 4.79 Å². The lowest BCUT2D eigenvalue weighted by Gasteiger charge is -2.33. The van der Waals surface area contributed by atoms with Gasteiger partial charge in [-0.3, -0.25) is 4.79 Å². The van der Waals surface area contributed by atoms with Gasteiger partial charge in [0.2, 0.25) is 0 Å². The molecule has 126 valence electrons. The number of piperidine rings is 1. The molecule has 2 amide bonds. The smallest absolute Gasteiger partial charge is 0.410 e.